The van der Waals surface area contributed by atoms with Crippen LogP contribution in [-0.2, 0) is 12.8 Å². The smallest absolute Gasteiger partial charge is 0.344 e. The van der Waals surface area contributed by atoms with Crippen LogP contribution in [0.1, 0.15) is 11.1 Å². The van der Waals surface area contributed by atoms with Gasteiger partial charge in [-0.2, -0.15) is 0 Å². The molecular weight excluding hydrogens is 260 g/mol. The van der Waals surface area contributed by atoms with E-state index in [9.17, 15) is 4.79 Å². The molecule has 4 rings (SSSR count). The first-order valence-corrected chi connectivity index (χ1v) is 7.13. The van der Waals surface area contributed by atoms with Crippen molar-refractivity contribution in [2.24, 2.45) is 0 Å². The first-order valence-electron chi connectivity index (χ1n) is 7.13. The van der Waals surface area contributed by atoms with E-state index in [0.717, 1.165) is 35.3 Å². The number of benzene rings is 2. The summed E-state index contributed by atoms with van der Waals surface area (Å²) in [5.41, 5.74) is 4.71. The minimum absolute atomic E-state index is 0.267. The number of hydrogen-bond donors (Lipinski definition) is 0. The summed E-state index contributed by atoms with van der Waals surface area (Å²) < 4.78 is 5.66. The van der Waals surface area contributed by atoms with E-state index in [1.165, 1.54) is 5.56 Å². The van der Waals surface area contributed by atoms with Crippen molar-refractivity contribution in [1.82, 2.24) is 0 Å². The molecule has 0 aliphatic heterocycles. The van der Waals surface area contributed by atoms with Gasteiger partial charge in [-0.15, -0.1) is 0 Å². The van der Waals surface area contributed by atoms with Gasteiger partial charge in [0.1, 0.15) is 5.76 Å². The van der Waals surface area contributed by atoms with Gasteiger partial charge in [0.2, 0.25) is 0 Å². The normalized spacial score (nSPS) is 12.6. The molecule has 0 unspecified atom stereocenters. The summed E-state index contributed by atoms with van der Waals surface area (Å²) in [7, 11) is 0. The summed E-state index contributed by atoms with van der Waals surface area (Å²) in [5, 5.41) is 0. The van der Waals surface area contributed by atoms with Crippen molar-refractivity contribution < 1.29 is 4.42 Å². The Morgan fingerprint density at radius 3 is 2.33 bits per heavy atom. The Balaban J connectivity index is 1.93. The van der Waals surface area contributed by atoms with Gasteiger partial charge in [0, 0.05) is 5.56 Å². The molecule has 2 heteroatoms. The third kappa shape index (κ3) is 2.00. The summed E-state index contributed by atoms with van der Waals surface area (Å²) in [6, 6.07) is 19.8. The Hall–Kier alpha value is -2.61. The van der Waals surface area contributed by atoms with E-state index < -0.39 is 0 Å². The van der Waals surface area contributed by atoms with Gasteiger partial charge >= 0.3 is 5.63 Å². The van der Waals surface area contributed by atoms with Gasteiger partial charge < -0.3 is 4.42 Å². The van der Waals surface area contributed by atoms with Crippen LogP contribution in [0.15, 0.2) is 69.9 Å². The maximum absolute atomic E-state index is 12.3. The molecule has 0 atom stereocenters. The average molecular weight is 274 g/mol. The Bertz CT molecular complexity index is 860. The van der Waals surface area contributed by atoms with E-state index >= 15 is 0 Å². The van der Waals surface area contributed by atoms with Gasteiger partial charge in [0.05, 0.1) is 5.56 Å². The fourth-order valence-corrected chi connectivity index (χ4v) is 2.97. The van der Waals surface area contributed by atoms with E-state index in [-0.39, 0.29) is 5.63 Å². The van der Waals surface area contributed by atoms with Gasteiger partial charge in [-0.25, -0.2) is 4.79 Å². The van der Waals surface area contributed by atoms with Crippen LogP contribution >= 0.6 is 0 Å². The summed E-state index contributed by atoms with van der Waals surface area (Å²) in [5.74, 6) is 0.738. The maximum Gasteiger partial charge on any atom is 0.344 e. The molecule has 102 valence electrons. The standard InChI is InChI=1S/C19H14O2/c20-19-17(13-6-2-1-3-7-13)12-15-11-10-14-8-4-5-9-16(14)18(15)21-19/h1-9,12H,10-11H2. The zero-order valence-corrected chi connectivity index (χ0v) is 11.5. The molecule has 21 heavy (non-hydrogen) atoms. The minimum atomic E-state index is -0.267. The third-order valence-corrected chi connectivity index (χ3v) is 4.04. The highest BCUT2D eigenvalue weighted by Crippen LogP contribution is 2.34. The minimum Gasteiger partial charge on any atom is -0.422 e. The van der Waals surface area contributed by atoms with Crippen molar-refractivity contribution in [2.45, 2.75) is 12.8 Å². The first-order chi connectivity index (χ1) is 10.3. The van der Waals surface area contributed by atoms with Crippen LogP contribution in [0.2, 0.25) is 0 Å². The quantitative estimate of drug-likeness (QED) is 0.669. The zero-order valence-electron chi connectivity index (χ0n) is 11.5. The van der Waals surface area contributed by atoms with Crippen LogP contribution in [0.5, 0.6) is 0 Å². The Morgan fingerprint density at radius 1 is 0.762 bits per heavy atom. The highest BCUT2D eigenvalue weighted by atomic mass is 16.4. The predicted molar refractivity (Wildman–Crippen MR) is 83.3 cm³/mol. The molecule has 1 heterocycles. The number of fused-ring (bicyclic) bond motifs is 3. The third-order valence-electron chi connectivity index (χ3n) is 4.04. The van der Waals surface area contributed by atoms with Gasteiger partial charge in [0.15, 0.2) is 0 Å². The SMILES string of the molecule is O=c1oc2c(cc1-c1ccccc1)CCc1ccccc1-2. The number of aryl methyl sites for hydroxylation is 2. The molecule has 0 saturated heterocycles. The molecule has 2 aromatic carbocycles. The van der Waals surface area contributed by atoms with Crippen LogP contribution in [0, 0.1) is 0 Å². The highest BCUT2D eigenvalue weighted by Gasteiger charge is 2.20. The van der Waals surface area contributed by atoms with E-state index in [1.54, 1.807) is 0 Å². The van der Waals surface area contributed by atoms with Crippen LogP contribution < -0.4 is 5.63 Å². The van der Waals surface area contributed by atoms with Crippen LogP contribution in [0.3, 0.4) is 0 Å². The average Bonchev–Trinajstić information content (AvgIpc) is 2.55. The van der Waals surface area contributed by atoms with Gasteiger partial charge in [0.25, 0.3) is 0 Å². The molecule has 2 nitrogen and oxygen atoms in total. The molecule has 1 aliphatic carbocycles. The lowest BCUT2D eigenvalue weighted by atomic mass is 9.89. The van der Waals surface area contributed by atoms with E-state index in [4.69, 9.17) is 4.42 Å². The zero-order chi connectivity index (χ0) is 14.2. The molecule has 0 fully saturated rings. The largest absolute Gasteiger partial charge is 0.422 e. The fourth-order valence-electron chi connectivity index (χ4n) is 2.97. The number of rotatable bonds is 1. The lowest BCUT2D eigenvalue weighted by molar-refractivity contribution is 0.518. The topological polar surface area (TPSA) is 30.2 Å². The summed E-state index contributed by atoms with van der Waals surface area (Å²) in [6.45, 7) is 0. The molecule has 1 aromatic heterocycles. The van der Waals surface area contributed by atoms with Crippen molar-refractivity contribution in [3.8, 4) is 22.5 Å². The molecule has 3 aromatic rings. The molecule has 0 radical (unpaired) electrons. The second-order valence-electron chi connectivity index (χ2n) is 5.33. The van der Waals surface area contributed by atoms with Crippen molar-refractivity contribution >= 4 is 0 Å². The first kappa shape index (κ1) is 12.2. The molecule has 0 saturated carbocycles. The number of hydrogen-bond acceptors (Lipinski definition) is 2. The Labute approximate surface area is 122 Å². The molecule has 0 bridgehead atoms. The Morgan fingerprint density at radius 2 is 1.48 bits per heavy atom. The maximum atomic E-state index is 12.3. The van der Waals surface area contributed by atoms with E-state index in [0.29, 0.717) is 5.56 Å². The van der Waals surface area contributed by atoms with E-state index in [2.05, 4.69) is 6.07 Å². The summed E-state index contributed by atoms with van der Waals surface area (Å²) in [4.78, 5) is 12.3. The van der Waals surface area contributed by atoms with E-state index in [1.807, 2.05) is 54.6 Å². The fraction of sp³-hybridized carbons (Fsp3) is 0.105. The molecule has 0 N–H and O–H groups in total. The van der Waals surface area contributed by atoms with Gasteiger partial charge in [-0.3, -0.25) is 0 Å². The second kappa shape index (κ2) is 4.74. The van der Waals surface area contributed by atoms with Crippen LogP contribution in [-0.4, -0.2) is 0 Å². The lowest BCUT2D eigenvalue weighted by Gasteiger charge is -2.18. The van der Waals surface area contributed by atoms with Crippen molar-refractivity contribution in [3.63, 3.8) is 0 Å². The van der Waals surface area contributed by atoms with Crippen molar-refractivity contribution in [1.29, 1.82) is 0 Å². The van der Waals surface area contributed by atoms with Gasteiger partial charge in [-0.1, -0.05) is 54.6 Å². The Kier molecular flexibility index (Phi) is 2.74. The van der Waals surface area contributed by atoms with Crippen LogP contribution in [0.4, 0.5) is 0 Å². The second-order valence-corrected chi connectivity index (χ2v) is 5.33. The van der Waals surface area contributed by atoms with Crippen LogP contribution in [0.25, 0.3) is 22.5 Å². The summed E-state index contributed by atoms with van der Waals surface area (Å²) in [6.07, 6.45) is 1.90. The molecular formula is C19H14O2. The van der Waals surface area contributed by atoms with Gasteiger partial charge in [-0.05, 0) is 35.6 Å². The van der Waals surface area contributed by atoms with Crippen molar-refractivity contribution in [2.75, 3.05) is 0 Å². The predicted octanol–water partition coefficient (Wildman–Crippen LogP) is 4.07. The monoisotopic (exact) mass is 274 g/mol. The molecule has 1 aliphatic rings. The lowest BCUT2D eigenvalue weighted by Crippen LogP contribution is -2.11. The molecule has 0 spiro atoms. The molecule has 0 amide bonds. The highest BCUT2D eigenvalue weighted by molar-refractivity contribution is 5.71. The van der Waals surface area contributed by atoms with Crippen molar-refractivity contribution in [3.05, 3.63) is 82.2 Å². The summed E-state index contributed by atoms with van der Waals surface area (Å²) >= 11 is 0.